The van der Waals surface area contributed by atoms with Crippen molar-refractivity contribution < 1.29 is 14.0 Å². The molecule has 4 N–H and O–H groups in total. The van der Waals surface area contributed by atoms with Gasteiger partial charge in [-0.1, -0.05) is 12.1 Å². The smallest absolute Gasteiger partial charge is 0.272 e. The minimum absolute atomic E-state index is 0.0173. The van der Waals surface area contributed by atoms with Crippen LogP contribution in [0, 0.1) is 5.82 Å². The van der Waals surface area contributed by atoms with Crippen LogP contribution in [0.3, 0.4) is 0 Å². The standard InChI is InChI=1S/C16H18FN5O2/c17-12-4-2-1-3-10(12)15(23)19-7-8-20-16(24)14-11-9-18-6-5-13(11)21-22-14/h1-4,18H,5-9H2,(H,19,23)(H,20,24)(H,21,22). The van der Waals surface area contributed by atoms with Gasteiger partial charge < -0.3 is 16.0 Å². The highest BCUT2D eigenvalue weighted by atomic mass is 19.1. The van der Waals surface area contributed by atoms with Gasteiger partial charge in [-0.2, -0.15) is 5.10 Å². The Balaban J connectivity index is 1.48. The summed E-state index contributed by atoms with van der Waals surface area (Å²) >= 11 is 0. The van der Waals surface area contributed by atoms with Crippen molar-refractivity contribution in [3.63, 3.8) is 0 Å². The average Bonchev–Trinajstić information content (AvgIpc) is 3.03. The number of H-pyrrole nitrogens is 1. The Morgan fingerprint density at radius 3 is 2.71 bits per heavy atom. The van der Waals surface area contributed by atoms with Crippen LogP contribution in [0.1, 0.15) is 32.1 Å². The Labute approximate surface area is 138 Å². The molecular formula is C16H18FN5O2. The summed E-state index contributed by atoms with van der Waals surface area (Å²) in [5.74, 6) is -1.38. The molecule has 0 saturated heterocycles. The van der Waals surface area contributed by atoms with Crippen molar-refractivity contribution in [2.24, 2.45) is 0 Å². The second-order valence-corrected chi connectivity index (χ2v) is 5.45. The molecule has 0 atom stereocenters. The predicted octanol–water partition coefficient (Wildman–Crippen LogP) is 0.354. The van der Waals surface area contributed by atoms with E-state index in [0.717, 1.165) is 24.2 Å². The largest absolute Gasteiger partial charge is 0.350 e. The maximum atomic E-state index is 13.5. The van der Waals surface area contributed by atoms with E-state index < -0.39 is 11.7 Å². The van der Waals surface area contributed by atoms with Gasteiger partial charge in [0.15, 0.2) is 5.69 Å². The topological polar surface area (TPSA) is 98.9 Å². The van der Waals surface area contributed by atoms with E-state index in [1.54, 1.807) is 6.07 Å². The van der Waals surface area contributed by atoms with Crippen molar-refractivity contribution >= 4 is 11.8 Å². The van der Waals surface area contributed by atoms with Gasteiger partial charge in [-0.3, -0.25) is 14.7 Å². The van der Waals surface area contributed by atoms with Crippen LogP contribution in [-0.4, -0.2) is 41.6 Å². The highest BCUT2D eigenvalue weighted by Crippen LogP contribution is 2.14. The van der Waals surface area contributed by atoms with Crippen molar-refractivity contribution in [1.82, 2.24) is 26.1 Å². The average molecular weight is 331 g/mol. The molecule has 0 aliphatic carbocycles. The number of fused-ring (bicyclic) bond motifs is 1. The molecule has 2 amide bonds. The van der Waals surface area contributed by atoms with Crippen LogP contribution in [-0.2, 0) is 13.0 Å². The minimum Gasteiger partial charge on any atom is -0.350 e. The fourth-order valence-corrected chi connectivity index (χ4v) is 2.59. The SMILES string of the molecule is O=C(NCCNC(=O)c1n[nH]c2c1CNCC2)c1ccccc1F. The van der Waals surface area contributed by atoms with Gasteiger partial charge in [0, 0.05) is 43.9 Å². The van der Waals surface area contributed by atoms with E-state index in [4.69, 9.17) is 0 Å². The zero-order valence-corrected chi connectivity index (χ0v) is 13.0. The van der Waals surface area contributed by atoms with Crippen molar-refractivity contribution in [3.8, 4) is 0 Å². The highest BCUT2D eigenvalue weighted by Gasteiger charge is 2.21. The van der Waals surface area contributed by atoms with E-state index in [2.05, 4.69) is 26.1 Å². The molecule has 1 aromatic carbocycles. The van der Waals surface area contributed by atoms with E-state index >= 15 is 0 Å². The molecule has 126 valence electrons. The second-order valence-electron chi connectivity index (χ2n) is 5.45. The number of nitrogens with zero attached hydrogens (tertiary/aromatic N) is 1. The predicted molar refractivity (Wildman–Crippen MR) is 85.1 cm³/mol. The number of aromatic nitrogens is 2. The van der Waals surface area contributed by atoms with Crippen molar-refractivity contribution in [1.29, 1.82) is 0 Å². The number of carbonyl (C=O) groups is 2. The van der Waals surface area contributed by atoms with Gasteiger partial charge in [-0.15, -0.1) is 0 Å². The molecule has 3 rings (SSSR count). The molecule has 24 heavy (non-hydrogen) atoms. The van der Waals surface area contributed by atoms with E-state index in [-0.39, 0.29) is 24.6 Å². The van der Waals surface area contributed by atoms with Crippen LogP contribution < -0.4 is 16.0 Å². The maximum Gasteiger partial charge on any atom is 0.272 e. The second kappa shape index (κ2) is 7.22. The van der Waals surface area contributed by atoms with Crippen LogP contribution in [0.2, 0.25) is 0 Å². The molecule has 8 heteroatoms. The highest BCUT2D eigenvalue weighted by molar-refractivity contribution is 5.95. The quantitative estimate of drug-likeness (QED) is 0.594. The Hall–Kier alpha value is -2.74. The summed E-state index contributed by atoms with van der Waals surface area (Å²) in [6.07, 6.45) is 0.814. The van der Waals surface area contributed by atoms with Crippen LogP contribution in [0.4, 0.5) is 4.39 Å². The summed E-state index contributed by atoms with van der Waals surface area (Å²) in [6.45, 7) is 1.90. The molecule has 7 nitrogen and oxygen atoms in total. The summed E-state index contributed by atoms with van der Waals surface area (Å²) < 4.78 is 13.5. The van der Waals surface area contributed by atoms with Crippen molar-refractivity contribution in [2.45, 2.75) is 13.0 Å². The number of rotatable bonds is 5. The molecular weight excluding hydrogens is 313 g/mol. The summed E-state index contributed by atoms with van der Waals surface area (Å²) in [4.78, 5) is 24.0. The van der Waals surface area contributed by atoms with E-state index in [1.165, 1.54) is 18.2 Å². The first kappa shape index (κ1) is 16.1. The molecule has 0 spiro atoms. The van der Waals surface area contributed by atoms with E-state index in [1.807, 2.05) is 0 Å². The number of amides is 2. The number of hydrogen-bond acceptors (Lipinski definition) is 4. The monoisotopic (exact) mass is 331 g/mol. The van der Waals surface area contributed by atoms with Gasteiger partial charge in [-0.25, -0.2) is 4.39 Å². The Morgan fingerprint density at radius 2 is 1.92 bits per heavy atom. The zero-order chi connectivity index (χ0) is 16.9. The van der Waals surface area contributed by atoms with Gasteiger partial charge in [0.1, 0.15) is 5.82 Å². The maximum absolute atomic E-state index is 13.5. The van der Waals surface area contributed by atoms with Crippen LogP contribution in [0.25, 0.3) is 0 Å². The molecule has 0 saturated carbocycles. The van der Waals surface area contributed by atoms with Gasteiger partial charge in [0.25, 0.3) is 11.8 Å². The molecule has 0 fully saturated rings. The van der Waals surface area contributed by atoms with Crippen LogP contribution in [0.15, 0.2) is 24.3 Å². The molecule has 1 aromatic heterocycles. The Morgan fingerprint density at radius 1 is 1.17 bits per heavy atom. The van der Waals surface area contributed by atoms with E-state index in [0.29, 0.717) is 12.2 Å². The third-order valence-electron chi connectivity index (χ3n) is 3.84. The summed E-state index contributed by atoms with van der Waals surface area (Å²) in [6, 6.07) is 5.75. The molecule has 0 unspecified atom stereocenters. The molecule has 0 radical (unpaired) electrons. The number of halogens is 1. The van der Waals surface area contributed by atoms with Gasteiger partial charge >= 0.3 is 0 Å². The zero-order valence-electron chi connectivity index (χ0n) is 13.0. The summed E-state index contributed by atoms with van der Waals surface area (Å²) in [7, 11) is 0. The lowest BCUT2D eigenvalue weighted by atomic mass is 10.1. The molecule has 2 aromatic rings. The van der Waals surface area contributed by atoms with Crippen LogP contribution in [0.5, 0.6) is 0 Å². The molecule has 2 heterocycles. The number of carbonyl (C=O) groups excluding carboxylic acids is 2. The third-order valence-corrected chi connectivity index (χ3v) is 3.84. The first-order chi connectivity index (χ1) is 11.7. The minimum atomic E-state index is -0.574. The third kappa shape index (κ3) is 3.43. The molecule has 1 aliphatic rings. The summed E-state index contributed by atoms with van der Waals surface area (Å²) in [5.41, 5.74) is 2.22. The number of nitrogens with one attached hydrogen (secondary N) is 4. The lowest BCUT2D eigenvalue weighted by Gasteiger charge is -2.13. The fraction of sp³-hybridized carbons (Fsp3) is 0.312. The van der Waals surface area contributed by atoms with Gasteiger partial charge in [0.05, 0.1) is 5.56 Å². The normalized spacial score (nSPS) is 13.2. The Kier molecular flexibility index (Phi) is 4.85. The number of aromatic amines is 1. The first-order valence-corrected chi connectivity index (χ1v) is 7.74. The van der Waals surface area contributed by atoms with Crippen LogP contribution >= 0.6 is 0 Å². The van der Waals surface area contributed by atoms with E-state index in [9.17, 15) is 14.0 Å². The molecule has 0 bridgehead atoms. The fourth-order valence-electron chi connectivity index (χ4n) is 2.59. The number of hydrogen-bond donors (Lipinski definition) is 4. The Bertz CT molecular complexity index is 759. The number of benzene rings is 1. The summed E-state index contributed by atoms with van der Waals surface area (Å²) in [5, 5.41) is 15.4. The van der Waals surface area contributed by atoms with Crippen molar-refractivity contribution in [2.75, 3.05) is 19.6 Å². The molecule has 1 aliphatic heterocycles. The van der Waals surface area contributed by atoms with Gasteiger partial charge in [-0.05, 0) is 12.1 Å². The van der Waals surface area contributed by atoms with Gasteiger partial charge in [0.2, 0.25) is 0 Å². The van der Waals surface area contributed by atoms with Crippen molar-refractivity contribution in [3.05, 3.63) is 52.6 Å². The lowest BCUT2D eigenvalue weighted by Crippen LogP contribution is -2.35. The lowest BCUT2D eigenvalue weighted by molar-refractivity contribution is 0.0922. The first-order valence-electron chi connectivity index (χ1n) is 7.74.